The van der Waals surface area contributed by atoms with Gasteiger partial charge >= 0.3 is 0 Å². The van der Waals surface area contributed by atoms with Gasteiger partial charge in [0.2, 0.25) is 0 Å². The van der Waals surface area contributed by atoms with Gasteiger partial charge < -0.3 is 10.1 Å². The van der Waals surface area contributed by atoms with Gasteiger partial charge in [0.05, 0.1) is 18.2 Å². The van der Waals surface area contributed by atoms with Gasteiger partial charge in [-0.05, 0) is 31.0 Å². The summed E-state index contributed by atoms with van der Waals surface area (Å²) in [5.41, 5.74) is 1.84. The molecule has 0 aliphatic rings. The zero-order chi connectivity index (χ0) is 12.7. The molecule has 1 rings (SSSR count). The quantitative estimate of drug-likeness (QED) is 0.820. The smallest absolute Gasteiger partial charge is 0.0991 e. The maximum Gasteiger partial charge on any atom is 0.0991 e. The van der Waals surface area contributed by atoms with E-state index in [9.17, 15) is 0 Å². The average molecular weight is 232 g/mol. The van der Waals surface area contributed by atoms with Crippen molar-refractivity contribution in [3.63, 3.8) is 0 Å². The minimum absolute atomic E-state index is 0.225. The second-order valence-electron chi connectivity index (χ2n) is 4.19. The van der Waals surface area contributed by atoms with Crippen LogP contribution in [0.3, 0.4) is 0 Å². The number of benzene rings is 1. The first-order chi connectivity index (χ1) is 8.21. The van der Waals surface area contributed by atoms with E-state index < -0.39 is 0 Å². The highest BCUT2D eigenvalue weighted by molar-refractivity contribution is 5.34. The number of hydrogen-bond acceptors (Lipinski definition) is 3. The Balaban J connectivity index is 2.68. The predicted molar refractivity (Wildman–Crippen MR) is 68.7 cm³/mol. The summed E-state index contributed by atoms with van der Waals surface area (Å²) in [6, 6.07) is 10.4. The summed E-state index contributed by atoms with van der Waals surface area (Å²) in [5.74, 6) is 0. The minimum atomic E-state index is 0.225. The zero-order valence-electron chi connectivity index (χ0n) is 10.7. The molecule has 0 spiro atoms. The van der Waals surface area contributed by atoms with Crippen LogP contribution in [0.25, 0.3) is 0 Å². The third kappa shape index (κ3) is 4.18. The van der Waals surface area contributed by atoms with E-state index >= 15 is 0 Å². The fourth-order valence-electron chi connectivity index (χ4n) is 1.81. The van der Waals surface area contributed by atoms with Crippen molar-refractivity contribution in [2.45, 2.75) is 32.4 Å². The number of nitriles is 1. The third-order valence-corrected chi connectivity index (χ3v) is 2.86. The topological polar surface area (TPSA) is 45.0 Å². The van der Waals surface area contributed by atoms with Crippen LogP contribution in [0.2, 0.25) is 0 Å². The van der Waals surface area contributed by atoms with E-state index in [2.05, 4.69) is 25.2 Å². The standard InChI is InChI=1S/C14H20N2O/c1-4-14(10-17-3)16-11(2)13-7-5-6-12(8-13)9-15/h5-8,11,14,16H,4,10H2,1-3H3. The van der Waals surface area contributed by atoms with Crippen molar-refractivity contribution in [3.8, 4) is 6.07 Å². The highest BCUT2D eigenvalue weighted by atomic mass is 16.5. The zero-order valence-corrected chi connectivity index (χ0v) is 10.7. The van der Waals surface area contributed by atoms with Crippen LogP contribution >= 0.6 is 0 Å². The summed E-state index contributed by atoms with van der Waals surface area (Å²) in [6.45, 7) is 4.95. The Hall–Kier alpha value is -1.37. The number of methoxy groups -OCH3 is 1. The lowest BCUT2D eigenvalue weighted by atomic mass is 10.0. The molecule has 17 heavy (non-hydrogen) atoms. The van der Waals surface area contributed by atoms with Crippen LogP contribution in [0.4, 0.5) is 0 Å². The Morgan fingerprint density at radius 2 is 2.24 bits per heavy atom. The summed E-state index contributed by atoms with van der Waals surface area (Å²) in [4.78, 5) is 0. The van der Waals surface area contributed by atoms with Crippen molar-refractivity contribution in [1.82, 2.24) is 5.32 Å². The first kappa shape index (κ1) is 13.7. The average Bonchev–Trinajstić information content (AvgIpc) is 2.38. The van der Waals surface area contributed by atoms with Crippen molar-refractivity contribution in [2.75, 3.05) is 13.7 Å². The molecule has 0 aliphatic heterocycles. The molecule has 0 aromatic heterocycles. The highest BCUT2D eigenvalue weighted by Gasteiger charge is 2.11. The van der Waals surface area contributed by atoms with Gasteiger partial charge in [0.25, 0.3) is 0 Å². The number of ether oxygens (including phenoxy) is 1. The molecule has 0 saturated heterocycles. The largest absolute Gasteiger partial charge is 0.383 e. The molecule has 0 fully saturated rings. The molecule has 1 aromatic carbocycles. The summed E-state index contributed by atoms with van der Waals surface area (Å²) >= 11 is 0. The molecule has 1 N–H and O–H groups in total. The Bertz CT molecular complexity index is 384. The highest BCUT2D eigenvalue weighted by Crippen LogP contribution is 2.15. The molecule has 0 saturated carbocycles. The molecule has 1 aromatic rings. The molecule has 0 bridgehead atoms. The summed E-state index contributed by atoms with van der Waals surface area (Å²) in [7, 11) is 1.71. The lowest BCUT2D eigenvalue weighted by Crippen LogP contribution is -2.34. The van der Waals surface area contributed by atoms with Gasteiger partial charge in [0.1, 0.15) is 0 Å². The van der Waals surface area contributed by atoms with Crippen LogP contribution in [-0.2, 0) is 4.74 Å². The maximum atomic E-state index is 8.87. The van der Waals surface area contributed by atoms with Crippen LogP contribution in [0, 0.1) is 11.3 Å². The molecule has 2 unspecified atom stereocenters. The van der Waals surface area contributed by atoms with Gasteiger partial charge in [-0.25, -0.2) is 0 Å². The van der Waals surface area contributed by atoms with Gasteiger partial charge in [0, 0.05) is 19.2 Å². The van der Waals surface area contributed by atoms with Crippen molar-refractivity contribution in [2.24, 2.45) is 0 Å². The molecule has 3 nitrogen and oxygen atoms in total. The van der Waals surface area contributed by atoms with Gasteiger partial charge in [-0.3, -0.25) is 0 Å². The van der Waals surface area contributed by atoms with Crippen molar-refractivity contribution < 1.29 is 4.74 Å². The van der Waals surface area contributed by atoms with Crippen LogP contribution in [0.5, 0.6) is 0 Å². The Labute approximate surface area is 103 Å². The molecule has 0 radical (unpaired) electrons. The van der Waals surface area contributed by atoms with Gasteiger partial charge in [-0.2, -0.15) is 5.26 Å². The summed E-state index contributed by atoms with van der Waals surface area (Å²) in [6.07, 6.45) is 1.02. The van der Waals surface area contributed by atoms with Gasteiger partial charge in [-0.1, -0.05) is 19.1 Å². The molecule has 2 atom stereocenters. The molecule has 92 valence electrons. The molecule has 0 aliphatic carbocycles. The SMILES string of the molecule is CCC(COC)NC(C)c1cccc(C#N)c1. The minimum Gasteiger partial charge on any atom is -0.383 e. The fraction of sp³-hybridized carbons (Fsp3) is 0.500. The molecule has 0 heterocycles. The van der Waals surface area contributed by atoms with E-state index in [1.165, 1.54) is 0 Å². The van der Waals surface area contributed by atoms with E-state index in [4.69, 9.17) is 10.00 Å². The van der Waals surface area contributed by atoms with Crippen LogP contribution in [-0.4, -0.2) is 19.8 Å². The maximum absolute atomic E-state index is 8.87. The molecule has 3 heteroatoms. The van der Waals surface area contributed by atoms with Crippen molar-refractivity contribution in [1.29, 1.82) is 5.26 Å². The second kappa shape index (κ2) is 7.05. The molecule has 0 amide bonds. The van der Waals surface area contributed by atoms with Crippen molar-refractivity contribution >= 4 is 0 Å². The van der Waals surface area contributed by atoms with Crippen LogP contribution in [0.15, 0.2) is 24.3 Å². The summed E-state index contributed by atoms with van der Waals surface area (Å²) in [5, 5.41) is 12.4. The third-order valence-electron chi connectivity index (χ3n) is 2.86. The van der Waals surface area contributed by atoms with Gasteiger partial charge in [-0.15, -0.1) is 0 Å². The van der Waals surface area contributed by atoms with E-state index in [1.54, 1.807) is 7.11 Å². The number of hydrogen-bond donors (Lipinski definition) is 1. The Kier molecular flexibility index (Phi) is 5.68. The summed E-state index contributed by atoms with van der Waals surface area (Å²) < 4.78 is 5.16. The van der Waals surface area contributed by atoms with Crippen molar-refractivity contribution in [3.05, 3.63) is 35.4 Å². The normalized spacial score (nSPS) is 14.0. The van der Waals surface area contributed by atoms with E-state index in [0.29, 0.717) is 18.2 Å². The lowest BCUT2D eigenvalue weighted by Gasteiger charge is -2.22. The molecular formula is C14H20N2O. The monoisotopic (exact) mass is 232 g/mol. The van der Waals surface area contributed by atoms with E-state index in [1.807, 2.05) is 24.3 Å². The first-order valence-corrected chi connectivity index (χ1v) is 5.96. The first-order valence-electron chi connectivity index (χ1n) is 5.96. The number of nitrogens with one attached hydrogen (secondary N) is 1. The number of rotatable bonds is 6. The van der Waals surface area contributed by atoms with Gasteiger partial charge in [0.15, 0.2) is 0 Å². The lowest BCUT2D eigenvalue weighted by molar-refractivity contribution is 0.159. The van der Waals surface area contributed by atoms with Crippen LogP contribution < -0.4 is 5.32 Å². The van der Waals surface area contributed by atoms with E-state index in [-0.39, 0.29) is 6.04 Å². The fourth-order valence-corrected chi connectivity index (χ4v) is 1.81. The Morgan fingerprint density at radius 3 is 2.82 bits per heavy atom. The van der Waals surface area contributed by atoms with E-state index in [0.717, 1.165) is 12.0 Å². The molecular weight excluding hydrogens is 212 g/mol. The number of nitrogens with zero attached hydrogens (tertiary/aromatic N) is 1. The second-order valence-corrected chi connectivity index (χ2v) is 4.19. The predicted octanol–water partition coefficient (Wildman–Crippen LogP) is 2.63. The van der Waals surface area contributed by atoms with Crippen LogP contribution in [0.1, 0.15) is 37.4 Å². The Morgan fingerprint density at radius 1 is 1.47 bits per heavy atom.